The first-order chi connectivity index (χ1) is 60.9. The van der Waals surface area contributed by atoms with E-state index in [4.69, 9.17) is 57.7 Å². The number of nitrogens with two attached hydrogens (primary N) is 4. The van der Waals surface area contributed by atoms with Crippen LogP contribution in [0.1, 0.15) is 182 Å². The van der Waals surface area contributed by atoms with E-state index in [-0.39, 0.29) is 29.9 Å². The van der Waals surface area contributed by atoms with Crippen molar-refractivity contribution in [3.05, 3.63) is 283 Å². The number of ketones is 2. The summed E-state index contributed by atoms with van der Waals surface area (Å²) < 4.78 is 0. The quantitative estimate of drug-likeness (QED) is 0.0292. The smallest absolute Gasteiger partial charge is 0.253 e. The van der Waals surface area contributed by atoms with Crippen molar-refractivity contribution in [1.82, 2.24) is 44.9 Å². The molecule has 3 unspecified atom stereocenters. The van der Waals surface area contributed by atoms with Crippen molar-refractivity contribution in [1.29, 1.82) is 0 Å². The molecule has 8 aromatic carbocycles. The zero-order valence-corrected chi connectivity index (χ0v) is 73.2. The summed E-state index contributed by atoms with van der Waals surface area (Å²) in [6.07, 6.45) is 20.6. The van der Waals surface area contributed by atoms with Crippen LogP contribution in [-0.4, -0.2) is 176 Å². The van der Waals surface area contributed by atoms with Gasteiger partial charge in [0, 0.05) is 180 Å². The highest BCUT2D eigenvalue weighted by atomic mass is 35.5. The van der Waals surface area contributed by atoms with Gasteiger partial charge >= 0.3 is 0 Å². The van der Waals surface area contributed by atoms with E-state index in [1.54, 1.807) is 79.4 Å². The molecule has 20 nitrogen and oxygen atoms in total. The summed E-state index contributed by atoms with van der Waals surface area (Å²) in [7, 11) is 3.79. The molecule has 644 valence electrons. The Balaban J connectivity index is 0.000000144. The molecule has 0 bridgehead atoms. The van der Waals surface area contributed by atoms with Crippen molar-refractivity contribution in [2.45, 2.75) is 115 Å². The van der Waals surface area contributed by atoms with Crippen molar-refractivity contribution in [3.63, 3.8) is 0 Å². The number of likely N-dealkylation sites (N-methyl/N-ethyl adjacent to an activating group) is 1. The van der Waals surface area contributed by atoms with Crippen molar-refractivity contribution < 1.29 is 34.5 Å². The number of piperidine rings is 1. The Morgan fingerprint density at radius 1 is 0.413 bits per heavy atom. The second-order valence-electron chi connectivity index (χ2n) is 32.9. The maximum atomic E-state index is 13.0. The van der Waals surface area contributed by atoms with E-state index in [9.17, 15) is 34.5 Å². The summed E-state index contributed by atoms with van der Waals surface area (Å²) in [5.41, 5.74) is 32.8. The normalized spacial score (nSPS) is 14.8. The predicted octanol–water partition coefficient (Wildman–Crippen LogP) is 16.5. The van der Waals surface area contributed by atoms with E-state index >= 15 is 0 Å². The highest BCUT2D eigenvalue weighted by molar-refractivity contribution is 6.32. The van der Waals surface area contributed by atoms with E-state index in [1.807, 2.05) is 145 Å². The minimum Gasteiger partial charge on any atom is -0.392 e. The van der Waals surface area contributed by atoms with Crippen molar-refractivity contribution in [2.24, 2.45) is 5.41 Å². The molecule has 3 saturated heterocycles. The number of rotatable bonds is 18. The average molecular weight is 1740 g/mol. The van der Waals surface area contributed by atoms with Crippen LogP contribution < -0.4 is 28.3 Å². The molecule has 2 amide bonds. The number of Topliss-reactive ketones (excluding diaryl/α,β-unsaturated/α-hetero) is 2. The molecule has 23 heteroatoms. The number of amides is 2. The van der Waals surface area contributed by atoms with E-state index in [2.05, 4.69) is 82.4 Å². The van der Waals surface area contributed by atoms with Crippen LogP contribution in [0, 0.1) is 52.8 Å². The number of nitrogens with zero attached hydrogens (tertiary/aromatic N) is 8. The maximum Gasteiger partial charge on any atom is 0.253 e. The summed E-state index contributed by atoms with van der Waals surface area (Å²) in [5.74, 6) is 26.3. The predicted molar refractivity (Wildman–Crippen MR) is 507 cm³/mol. The average Bonchev–Trinajstić information content (AvgIpc) is 0.842. The molecule has 4 aromatic heterocycles. The number of nitrogens with one attached hydrogen (secondary N) is 1. The maximum absolute atomic E-state index is 13.0. The fourth-order valence-corrected chi connectivity index (χ4v) is 16.8. The van der Waals surface area contributed by atoms with E-state index in [1.165, 1.54) is 57.8 Å². The van der Waals surface area contributed by atoms with E-state index < -0.39 is 18.3 Å². The summed E-state index contributed by atoms with van der Waals surface area (Å²) in [4.78, 5) is 75.7. The molecule has 7 heterocycles. The number of hydrogen-bond donors (Lipinski definition) is 8. The molecule has 16 rings (SSSR count). The number of fused-ring (bicyclic) bond motifs is 4. The van der Waals surface area contributed by atoms with E-state index in [0.29, 0.717) is 134 Å². The van der Waals surface area contributed by atoms with Gasteiger partial charge in [-0.25, -0.2) is 19.9 Å². The third-order valence-corrected chi connectivity index (χ3v) is 24.0. The minimum absolute atomic E-state index is 0.0183. The zero-order chi connectivity index (χ0) is 88.6. The number of anilines is 4. The fraction of sp³-hybridized carbons (Fsp3) is 0.301. The number of aliphatic hydroxyl groups is 3. The molecule has 3 aliphatic heterocycles. The Hall–Kier alpha value is -12.3. The Bertz CT molecular complexity index is 6160. The topological polar surface area (TPSA) is 310 Å². The van der Waals surface area contributed by atoms with Crippen molar-refractivity contribution >= 4 is 125 Å². The number of carbonyl (C=O) groups excluding carboxylic acids is 4. The standard InChI is InChI=1S/C28H28ClN3O.C26H26ClN3O2.C25H25ClN4O2.C24H25N3O2/c29-23-10-9-22-19-31-26(30)24(25(22)18-23)11-6-20-4-7-21(8-5-20)27(33)32-16-14-28(15-17-32)12-2-1-3-13-28;27-21-9-8-20-16-29-26(28)23(24(20)15-21)11-5-18-3-6-19(7-4-18)25(32)12-10-22(31)17-30-13-1-2-14-30;26-20-8-7-19-14-28-24(27)22(23(19)13-20)9-6-17-4-3-5-18(12-17)25(32)29-15-21(31)16-30-10-1-2-11-30;1-27(2)16-20(28)12-14-23(29)18-10-7-17(8-11-18)9-13-22-21-6-4-3-5-19(21)15-26-24(22)25/h4-5,7-10,18-19H,1-3,12-17H2,(H2,30,31);3-4,6-9,15-16,22,31H,1-2,10,12-14,17H2,(H2,28,29);3-5,7-8,12-14,21,31H,1-2,10-11,15-16H2,(H2,27,28)(H,29,32);3-8,10-11,15,20,28H,12,14,16H2,1-2H3,(H2,25,26). The van der Waals surface area contributed by atoms with E-state index in [0.717, 1.165) is 117 Å². The third kappa shape index (κ3) is 25.3. The number of benzene rings is 8. The lowest BCUT2D eigenvalue weighted by Gasteiger charge is -2.44. The molecule has 0 radical (unpaired) electrons. The second kappa shape index (κ2) is 44.1. The van der Waals surface area contributed by atoms with Crippen LogP contribution in [0.3, 0.4) is 0 Å². The first-order valence-electron chi connectivity index (χ1n) is 42.9. The van der Waals surface area contributed by atoms with Gasteiger partial charge in [0.05, 0.1) is 40.6 Å². The Kier molecular flexibility index (Phi) is 32.0. The Labute approximate surface area is 751 Å². The SMILES string of the molecule is CN(C)CC(O)CCC(=O)c1ccc(C#Cc2c(N)ncc3ccccc23)cc1.Nc1ncc2ccc(Cl)cc2c1C#Cc1ccc(C(=O)CCC(O)CN2CCCC2)cc1.Nc1ncc2ccc(Cl)cc2c1C#Cc1ccc(C(=O)N2CCC3(CCCCC3)CC2)cc1.Nc1ncc2ccc(Cl)cc2c1C#Cc1cccc(C(=O)NCC(O)CN2CCCC2)c1. The van der Waals surface area contributed by atoms with Gasteiger partial charge in [-0.1, -0.05) is 174 Å². The summed E-state index contributed by atoms with van der Waals surface area (Å²) in [6, 6.07) is 53.4. The Morgan fingerprint density at radius 2 is 0.810 bits per heavy atom. The summed E-state index contributed by atoms with van der Waals surface area (Å²) >= 11 is 18.4. The summed E-state index contributed by atoms with van der Waals surface area (Å²) in [5, 5.41) is 42.2. The van der Waals surface area contributed by atoms with Crippen LogP contribution in [0.4, 0.5) is 23.3 Å². The number of aromatic nitrogens is 4. The van der Waals surface area contributed by atoms with Crippen LogP contribution in [0.15, 0.2) is 201 Å². The molecule has 3 atom stereocenters. The lowest BCUT2D eigenvalue weighted by atomic mass is 9.68. The van der Waals surface area contributed by atoms with Crippen LogP contribution in [-0.2, 0) is 0 Å². The fourth-order valence-electron chi connectivity index (χ4n) is 16.3. The molecular weight excluding hydrogens is 1640 g/mol. The molecule has 12 aromatic rings. The largest absolute Gasteiger partial charge is 0.392 e. The van der Waals surface area contributed by atoms with Gasteiger partial charge in [-0.2, -0.15) is 0 Å². The van der Waals surface area contributed by atoms with Crippen LogP contribution >= 0.6 is 34.8 Å². The molecule has 1 spiro atoms. The van der Waals surface area contributed by atoms with Crippen molar-refractivity contribution in [3.8, 4) is 47.4 Å². The zero-order valence-electron chi connectivity index (χ0n) is 71.0. The highest BCUT2D eigenvalue weighted by Gasteiger charge is 2.37. The van der Waals surface area contributed by atoms with Gasteiger partial charge in [0.1, 0.15) is 23.3 Å². The van der Waals surface area contributed by atoms with Gasteiger partial charge in [-0.05, 0) is 213 Å². The molecule has 4 aliphatic rings. The lowest BCUT2D eigenvalue weighted by Crippen LogP contribution is -2.43. The minimum atomic E-state index is -0.589. The molecule has 126 heavy (non-hydrogen) atoms. The van der Waals surface area contributed by atoms with Gasteiger partial charge in [-0.15, -0.1) is 0 Å². The molecular formula is C103H104Cl3N13O7. The second-order valence-corrected chi connectivity index (χ2v) is 34.2. The number of nitrogen functional groups attached to an aromatic ring is 4. The molecule has 1 saturated carbocycles. The molecule has 4 fully saturated rings. The van der Waals surface area contributed by atoms with Crippen molar-refractivity contribution in [2.75, 3.05) is 102 Å². The number of aliphatic hydroxyl groups excluding tert-OH is 3. The lowest BCUT2D eigenvalue weighted by molar-refractivity contribution is 0.0471. The first kappa shape index (κ1) is 91.4. The summed E-state index contributed by atoms with van der Waals surface area (Å²) in [6.45, 7) is 7.84. The van der Waals surface area contributed by atoms with Gasteiger partial charge in [0.2, 0.25) is 0 Å². The van der Waals surface area contributed by atoms with Gasteiger partial charge < -0.3 is 63.2 Å². The third-order valence-electron chi connectivity index (χ3n) is 23.3. The van der Waals surface area contributed by atoms with Crippen LogP contribution in [0.25, 0.3) is 43.1 Å². The van der Waals surface area contributed by atoms with Gasteiger partial charge in [-0.3, -0.25) is 19.2 Å². The number of pyridine rings is 4. The molecule has 1 aliphatic carbocycles. The number of halogens is 3. The highest BCUT2D eigenvalue weighted by Crippen LogP contribution is 2.45. The number of likely N-dealkylation sites (tertiary alicyclic amines) is 3. The number of β-amino-alcohol motifs (C(OH)–C–C–N with tert-alkyl or cyclic N) is 2. The van der Waals surface area contributed by atoms with Gasteiger partial charge in [0.25, 0.3) is 11.8 Å². The Morgan fingerprint density at radius 3 is 1.25 bits per heavy atom. The number of hydrogen-bond acceptors (Lipinski definition) is 18. The first-order valence-corrected chi connectivity index (χ1v) is 44.0. The molecule has 12 N–H and O–H groups in total. The monoisotopic (exact) mass is 1740 g/mol. The van der Waals surface area contributed by atoms with Crippen LogP contribution in [0.5, 0.6) is 0 Å². The number of carbonyl (C=O) groups is 4. The van der Waals surface area contributed by atoms with Crippen LogP contribution in [0.2, 0.25) is 15.1 Å². The van der Waals surface area contributed by atoms with Gasteiger partial charge in [0.15, 0.2) is 11.6 Å².